The molecule has 0 radical (unpaired) electrons. The van der Waals surface area contributed by atoms with Crippen LogP contribution in [0, 0.1) is 6.92 Å². The lowest BCUT2D eigenvalue weighted by Gasteiger charge is -2.16. The third kappa shape index (κ3) is 4.45. The average Bonchev–Trinajstić information content (AvgIpc) is 2.24. The second-order valence-corrected chi connectivity index (χ2v) is 3.84. The van der Waals surface area contributed by atoms with E-state index in [0.29, 0.717) is 6.04 Å². The molecule has 0 spiro atoms. The van der Waals surface area contributed by atoms with Gasteiger partial charge in [0.1, 0.15) is 0 Å². The molecule has 1 atom stereocenters. The molecule has 2 nitrogen and oxygen atoms in total. The standard InChI is InChI=1S/C13H21NO/c1-4-15-10-13(14-3)9-12-7-5-6-11(2)8-12/h5-8,13-14H,4,9-10H2,1-3H3. The average molecular weight is 207 g/mol. The summed E-state index contributed by atoms with van der Waals surface area (Å²) in [6.07, 6.45) is 1.03. The fourth-order valence-corrected chi connectivity index (χ4v) is 1.63. The Morgan fingerprint density at radius 2 is 2.20 bits per heavy atom. The molecule has 1 unspecified atom stereocenters. The molecule has 1 N–H and O–H groups in total. The summed E-state index contributed by atoms with van der Waals surface area (Å²) in [5.41, 5.74) is 2.69. The molecule has 1 aromatic rings. The van der Waals surface area contributed by atoms with Gasteiger partial charge in [0, 0.05) is 12.6 Å². The lowest BCUT2D eigenvalue weighted by atomic mass is 10.0. The second kappa shape index (κ2) is 6.59. The van der Waals surface area contributed by atoms with Crippen LogP contribution in [-0.2, 0) is 11.2 Å². The smallest absolute Gasteiger partial charge is 0.0622 e. The maximum atomic E-state index is 5.43. The van der Waals surface area contributed by atoms with Crippen LogP contribution >= 0.6 is 0 Å². The van der Waals surface area contributed by atoms with E-state index in [1.165, 1.54) is 11.1 Å². The van der Waals surface area contributed by atoms with Crippen molar-refractivity contribution in [3.05, 3.63) is 35.4 Å². The van der Waals surface area contributed by atoms with Gasteiger partial charge in [0.25, 0.3) is 0 Å². The third-order valence-electron chi connectivity index (χ3n) is 2.50. The van der Waals surface area contributed by atoms with E-state index in [4.69, 9.17) is 4.74 Å². The zero-order chi connectivity index (χ0) is 11.1. The van der Waals surface area contributed by atoms with Gasteiger partial charge < -0.3 is 10.1 Å². The lowest BCUT2D eigenvalue weighted by molar-refractivity contribution is 0.125. The van der Waals surface area contributed by atoms with Crippen LogP contribution in [0.5, 0.6) is 0 Å². The third-order valence-corrected chi connectivity index (χ3v) is 2.50. The molecule has 1 rings (SSSR count). The molecule has 0 saturated carbocycles. The highest BCUT2D eigenvalue weighted by atomic mass is 16.5. The van der Waals surface area contributed by atoms with E-state index in [0.717, 1.165) is 19.6 Å². The zero-order valence-electron chi connectivity index (χ0n) is 9.92. The molecule has 0 aliphatic heterocycles. The van der Waals surface area contributed by atoms with Gasteiger partial charge in [-0.1, -0.05) is 29.8 Å². The van der Waals surface area contributed by atoms with Gasteiger partial charge in [-0.25, -0.2) is 0 Å². The number of hydrogen-bond donors (Lipinski definition) is 1. The molecule has 2 heteroatoms. The van der Waals surface area contributed by atoms with Crippen LogP contribution in [0.15, 0.2) is 24.3 Å². The fourth-order valence-electron chi connectivity index (χ4n) is 1.63. The van der Waals surface area contributed by atoms with E-state index < -0.39 is 0 Å². The van der Waals surface area contributed by atoms with Crippen molar-refractivity contribution < 1.29 is 4.74 Å². The topological polar surface area (TPSA) is 21.3 Å². The Kier molecular flexibility index (Phi) is 5.37. The first-order chi connectivity index (χ1) is 7.26. The molecular weight excluding hydrogens is 186 g/mol. The van der Waals surface area contributed by atoms with Crippen LogP contribution in [0.1, 0.15) is 18.1 Å². The van der Waals surface area contributed by atoms with Gasteiger partial charge in [-0.05, 0) is 32.9 Å². The number of benzene rings is 1. The van der Waals surface area contributed by atoms with Gasteiger partial charge in [-0.3, -0.25) is 0 Å². The van der Waals surface area contributed by atoms with Crippen molar-refractivity contribution in [1.82, 2.24) is 5.32 Å². The fraction of sp³-hybridized carbons (Fsp3) is 0.538. The Morgan fingerprint density at radius 3 is 2.80 bits per heavy atom. The summed E-state index contributed by atoms with van der Waals surface area (Å²) >= 11 is 0. The Morgan fingerprint density at radius 1 is 1.40 bits per heavy atom. The minimum absolute atomic E-state index is 0.409. The first kappa shape index (κ1) is 12.2. The Bertz CT molecular complexity index is 286. The first-order valence-electron chi connectivity index (χ1n) is 5.56. The van der Waals surface area contributed by atoms with Gasteiger partial charge in [0.05, 0.1) is 6.61 Å². The highest BCUT2D eigenvalue weighted by Gasteiger charge is 2.06. The van der Waals surface area contributed by atoms with Gasteiger partial charge in [-0.15, -0.1) is 0 Å². The van der Waals surface area contributed by atoms with Gasteiger partial charge in [0.2, 0.25) is 0 Å². The van der Waals surface area contributed by atoms with Crippen molar-refractivity contribution >= 4 is 0 Å². The summed E-state index contributed by atoms with van der Waals surface area (Å²) in [4.78, 5) is 0. The number of likely N-dealkylation sites (N-methyl/N-ethyl adjacent to an activating group) is 1. The van der Waals surface area contributed by atoms with Gasteiger partial charge >= 0.3 is 0 Å². The van der Waals surface area contributed by atoms with Crippen molar-refractivity contribution in [3.8, 4) is 0 Å². The van der Waals surface area contributed by atoms with Crippen molar-refractivity contribution in [2.45, 2.75) is 26.3 Å². The van der Waals surface area contributed by atoms with E-state index in [2.05, 4.69) is 36.5 Å². The summed E-state index contributed by atoms with van der Waals surface area (Å²) in [7, 11) is 1.99. The van der Waals surface area contributed by atoms with E-state index in [-0.39, 0.29) is 0 Å². The molecule has 0 fully saturated rings. The monoisotopic (exact) mass is 207 g/mol. The minimum atomic E-state index is 0.409. The summed E-state index contributed by atoms with van der Waals surface area (Å²) in [6, 6.07) is 9.05. The number of aryl methyl sites for hydroxylation is 1. The van der Waals surface area contributed by atoms with Gasteiger partial charge in [-0.2, -0.15) is 0 Å². The van der Waals surface area contributed by atoms with Crippen molar-refractivity contribution in [2.75, 3.05) is 20.3 Å². The second-order valence-electron chi connectivity index (χ2n) is 3.84. The molecule has 0 aromatic heterocycles. The highest BCUT2D eigenvalue weighted by molar-refractivity contribution is 5.22. The SMILES string of the molecule is CCOCC(Cc1cccc(C)c1)NC. The Balaban J connectivity index is 2.50. The summed E-state index contributed by atoms with van der Waals surface area (Å²) in [6.45, 7) is 5.72. The predicted octanol–water partition coefficient (Wildman–Crippen LogP) is 2.16. The van der Waals surface area contributed by atoms with Crippen LogP contribution < -0.4 is 5.32 Å². The molecule has 0 saturated heterocycles. The molecule has 0 bridgehead atoms. The van der Waals surface area contributed by atoms with E-state index >= 15 is 0 Å². The summed E-state index contributed by atoms with van der Waals surface area (Å²) < 4.78 is 5.43. The van der Waals surface area contributed by atoms with Crippen LogP contribution in [0.25, 0.3) is 0 Å². The Labute approximate surface area is 92.6 Å². The van der Waals surface area contributed by atoms with Crippen molar-refractivity contribution in [2.24, 2.45) is 0 Å². The summed E-state index contributed by atoms with van der Waals surface area (Å²) in [5, 5.41) is 3.28. The van der Waals surface area contributed by atoms with Crippen LogP contribution in [0.4, 0.5) is 0 Å². The van der Waals surface area contributed by atoms with E-state index in [1.54, 1.807) is 0 Å². The van der Waals surface area contributed by atoms with Crippen LogP contribution in [-0.4, -0.2) is 26.3 Å². The molecule has 1 aromatic carbocycles. The maximum Gasteiger partial charge on any atom is 0.0622 e. The minimum Gasteiger partial charge on any atom is -0.380 e. The molecule has 0 aliphatic carbocycles. The zero-order valence-corrected chi connectivity index (χ0v) is 9.92. The molecular formula is C13H21NO. The maximum absolute atomic E-state index is 5.43. The van der Waals surface area contributed by atoms with Gasteiger partial charge in [0.15, 0.2) is 0 Å². The lowest BCUT2D eigenvalue weighted by Crippen LogP contribution is -2.32. The van der Waals surface area contributed by atoms with Crippen LogP contribution in [0.3, 0.4) is 0 Å². The molecule has 15 heavy (non-hydrogen) atoms. The molecule has 84 valence electrons. The largest absolute Gasteiger partial charge is 0.380 e. The van der Waals surface area contributed by atoms with Crippen molar-refractivity contribution in [1.29, 1.82) is 0 Å². The number of nitrogens with one attached hydrogen (secondary N) is 1. The molecule has 0 amide bonds. The number of hydrogen-bond acceptors (Lipinski definition) is 2. The molecule has 0 aliphatic rings. The Hall–Kier alpha value is -0.860. The highest BCUT2D eigenvalue weighted by Crippen LogP contribution is 2.07. The predicted molar refractivity (Wildman–Crippen MR) is 64.2 cm³/mol. The quantitative estimate of drug-likeness (QED) is 0.772. The van der Waals surface area contributed by atoms with E-state index in [1.807, 2.05) is 14.0 Å². The molecule has 0 heterocycles. The van der Waals surface area contributed by atoms with E-state index in [9.17, 15) is 0 Å². The number of rotatable bonds is 6. The number of ether oxygens (including phenoxy) is 1. The normalized spacial score (nSPS) is 12.7. The van der Waals surface area contributed by atoms with Crippen LogP contribution in [0.2, 0.25) is 0 Å². The first-order valence-corrected chi connectivity index (χ1v) is 5.56. The van der Waals surface area contributed by atoms with Crippen molar-refractivity contribution in [3.63, 3.8) is 0 Å². The summed E-state index contributed by atoms with van der Waals surface area (Å²) in [5.74, 6) is 0.